The molecule has 0 unspecified atom stereocenters. The standard InChI is InChI=1S/C7H11N3S/c1-6(7(8)11)5-10-4-2-3-9-10/h2-4,6H,5H2,1H3,(H2,8,11)/t6-/m1/s1. The number of nitrogens with two attached hydrogens (primary N) is 1. The van der Waals surface area contributed by atoms with E-state index in [1.807, 2.05) is 23.9 Å². The van der Waals surface area contributed by atoms with Gasteiger partial charge in [0.05, 0.1) is 4.99 Å². The number of rotatable bonds is 3. The summed E-state index contributed by atoms with van der Waals surface area (Å²) in [4.78, 5) is 0.542. The first-order valence-electron chi connectivity index (χ1n) is 3.47. The first-order chi connectivity index (χ1) is 5.20. The summed E-state index contributed by atoms with van der Waals surface area (Å²) in [5.41, 5.74) is 5.44. The molecule has 0 aromatic carbocycles. The lowest BCUT2D eigenvalue weighted by molar-refractivity contribution is 0.543. The van der Waals surface area contributed by atoms with E-state index in [1.165, 1.54) is 0 Å². The van der Waals surface area contributed by atoms with Crippen LogP contribution in [0.25, 0.3) is 0 Å². The summed E-state index contributed by atoms with van der Waals surface area (Å²) >= 11 is 4.83. The highest BCUT2D eigenvalue weighted by Crippen LogP contribution is 1.98. The number of hydrogen-bond acceptors (Lipinski definition) is 2. The second-order valence-electron chi connectivity index (χ2n) is 2.53. The van der Waals surface area contributed by atoms with E-state index in [-0.39, 0.29) is 5.92 Å². The van der Waals surface area contributed by atoms with Gasteiger partial charge in [-0.1, -0.05) is 19.1 Å². The highest BCUT2D eigenvalue weighted by molar-refractivity contribution is 7.80. The van der Waals surface area contributed by atoms with Crippen LogP contribution in [0.2, 0.25) is 0 Å². The van der Waals surface area contributed by atoms with E-state index in [0.717, 1.165) is 6.54 Å². The molecule has 60 valence electrons. The monoisotopic (exact) mass is 169 g/mol. The van der Waals surface area contributed by atoms with Gasteiger partial charge < -0.3 is 5.73 Å². The van der Waals surface area contributed by atoms with Crippen LogP contribution in [0.3, 0.4) is 0 Å². The van der Waals surface area contributed by atoms with Gasteiger partial charge in [-0.2, -0.15) is 5.10 Å². The second kappa shape index (κ2) is 3.48. The second-order valence-corrected chi connectivity index (χ2v) is 3.00. The van der Waals surface area contributed by atoms with E-state index >= 15 is 0 Å². The Balaban J connectivity index is 2.50. The molecule has 4 heteroatoms. The van der Waals surface area contributed by atoms with Crippen LogP contribution >= 0.6 is 12.2 Å². The first-order valence-corrected chi connectivity index (χ1v) is 3.87. The summed E-state index contributed by atoms with van der Waals surface area (Å²) in [6, 6.07) is 1.88. The van der Waals surface area contributed by atoms with Crippen molar-refractivity contribution >= 4 is 17.2 Å². The zero-order valence-electron chi connectivity index (χ0n) is 6.40. The van der Waals surface area contributed by atoms with Gasteiger partial charge in [-0.25, -0.2) is 0 Å². The van der Waals surface area contributed by atoms with Crippen LogP contribution in [0.4, 0.5) is 0 Å². The molecule has 0 bridgehead atoms. The van der Waals surface area contributed by atoms with Gasteiger partial charge in [-0.3, -0.25) is 4.68 Å². The SMILES string of the molecule is C[C@H](Cn1cccn1)C(N)=S. The molecule has 1 heterocycles. The topological polar surface area (TPSA) is 43.8 Å². The molecule has 0 saturated carbocycles. The first kappa shape index (κ1) is 8.20. The van der Waals surface area contributed by atoms with E-state index in [4.69, 9.17) is 18.0 Å². The van der Waals surface area contributed by atoms with Gasteiger partial charge in [0.15, 0.2) is 0 Å². The number of hydrogen-bond donors (Lipinski definition) is 1. The Hall–Kier alpha value is -0.900. The van der Waals surface area contributed by atoms with Crippen LogP contribution < -0.4 is 5.73 Å². The van der Waals surface area contributed by atoms with Crippen LogP contribution in [0, 0.1) is 5.92 Å². The molecule has 0 aliphatic carbocycles. The predicted molar refractivity (Wildman–Crippen MR) is 48.2 cm³/mol. The molecule has 0 saturated heterocycles. The van der Waals surface area contributed by atoms with E-state index < -0.39 is 0 Å². The minimum Gasteiger partial charge on any atom is -0.393 e. The molecule has 1 aromatic rings. The van der Waals surface area contributed by atoms with Crippen LogP contribution in [-0.2, 0) is 6.54 Å². The fourth-order valence-corrected chi connectivity index (χ4v) is 0.854. The molecule has 0 aliphatic heterocycles. The summed E-state index contributed by atoms with van der Waals surface area (Å²) in [5.74, 6) is 0.213. The Labute approximate surface area is 71.2 Å². The Morgan fingerprint density at radius 1 is 1.82 bits per heavy atom. The maximum Gasteiger partial charge on any atom is 0.0774 e. The molecule has 3 nitrogen and oxygen atoms in total. The smallest absolute Gasteiger partial charge is 0.0774 e. The third-order valence-electron chi connectivity index (χ3n) is 1.51. The molecule has 0 aliphatic rings. The lowest BCUT2D eigenvalue weighted by atomic mass is 10.2. The van der Waals surface area contributed by atoms with Crippen LogP contribution in [-0.4, -0.2) is 14.8 Å². The Morgan fingerprint density at radius 2 is 2.55 bits per heavy atom. The van der Waals surface area contributed by atoms with Gasteiger partial charge in [0.25, 0.3) is 0 Å². The van der Waals surface area contributed by atoms with Gasteiger partial charge in [0.2, 0.25) is 0 Å². The third kappa shape index (κ3) is 2.31. The highest BCUT2D eigenvalue weighted by atomic mass is 32.1. The van der Waals surface area contributed by atoms with Gasteiger partial charge >= 0.3 is 0 Å². The van der Waals surface area contributed by atoms with Crippen LogP contribution in [0.15, 0.2) is 18.5 Å². The maximum atomic E-state index is 5.44. The van der Waals surface area contributed by atoms with Gasteiger partial charge in [-0.15, -0.1) is 0 Å². The van der Waals surface area contributed by atoms with Crippen molar-refractivity contribution in [3.8, 4) is 0 Å². The molecule has 1 rings (SSSR count). The zero-order valence-corrected chi connectivity index (χ0v) is 7.21. The summed E-state index contributed by atoms with van der Waals surface area (Å²) in [6.45, 7) is 2.76. The molecule has 0 spiro atoms. The third-order valence-corrected chi connectivity index (χ3v) is 1.91. The van der Waals surface area contributed by atoms with Crippen molar-refractivity contribution in [3.63, 3.8) is 0 Å². The van der Waals surface area contributed by atoms with Crippen molar-refractivity contribution in [3.05, 3.63) is 18.5 Å². The van der Waals surface area contributed by atoms with E-state index in [0.29, 0.717) is 4.99 Å². The number of thiocarbonyl (C=S) groups is 1. The van der Waals surface area contributed by atoms with Gasteiger partial charge in [0, 0.05) is 24.9 Å². The predicted octanol–water partition coefficient (Wildman–Crippen LogP) is 0.805. The van der Waals surface area contributed by atoms with Gasteiger partial charge in [-0.05, 0) is 6.07 Å². The summed E-state index contributed by atoms with van der Waals surface area (Å²) in [7, 11) is 0. The fraction of sp³-hybridized carbons (Fsp3) is 0.429. The molecular formula is C7H11N3S. The molecule has 1 atom stereocenters. The van der Waals surface area contributed by atoms with Crippen molar-refractivity contribution < 1.29 is 0 Å². The molecule has 1 aromatic heterocycles. The molecular weight excluding hydrogens is 158 g/mol. The maximum absolute atomic E-state index is 5.44. The number of nitrogens with zero attached hydrogens (tertiary/aromatic N) is 2. The average Bonchev–Trinajstić information content (AvgIpc) is 2.39. The number of aromatic nitrogens is 2. The summed E-state index contributed by atoms with van der Waals surface area (Å²) in [6.07, 6.45) is 3.64. The summed E-state index contributed by atoms with van der Waals surface area (Å²) in [5, 5.41) is 4.04. The molecule has 2 N–H and O–H groups in total. The zero-order chi connectivity index (χ0) is 8.27. The lowest BCUT2D eigenvalue weighted by Gasteiger charge is -2.08. The van der Waals surface area contributed by atoms with Crippen molar-refractivity contribution in [2.45, 2.75) is 13.5 Å². The molecule has 0 amide bonds. The minimum absolute atomic E-state index is 0.213. The normalized spacial score (nSPS) is 12.8. The van der Waals surface area contributed by atoms with Crippen LogP contribution in [0.1, 0.15) is 6.92 Å². The van der Waals surface area contributed by atoms with Crippen molar-refractivity contribution in [1.82, 2.24) is 9.78 Å². The Morgan fingerprint density at radius 3 is 3.00 bits per heavy atom. The molecule has 0 radical (unpaired) electrons. The summed E-state index contributed by atoms with van der Waals surface area (Å²) < 4.78 is 1.82. The van der Waals surface area contributed by atoms with Crippen molar-refractivity contribution in [2.75, 3.05) is 0 Å². The molecule has 0 fully saturated rings. The van der Waals surface area contributed by atoms with Crippen LogP contribution in [0.5, 0.6) is 0 Å². The lowest BCUT2D eigenvalue weighted by Crippen LogP contribution is -2.22. The van der Waals surface area contributed by atoms with E-state index in [1.54, 1.807) is 6.20 Å². The minimum atomic E-state index is 0.213. The van der Waals surface area contributed by atoms with E-state index in [9.17, 15) is 0 Å². The largest absolute Gasteiger partial charge is 0.393 e. The van der Waals surface area contributed by atoms with Gasteiger partial charge in [0.1, 0.15) is 0 Å². The fourth-order valence-electron chi connectivity index (χ4n) is 0.779. The average molecular weight is 169 g/mol. The van der Waals surface area contributed by atoms with Crippen molar-refractivity contribution in [1.29, 1.82) is 0 Å². The Bertz CT molecular complexity index is 230. The quantitative estimate of drug-likeness (QED) is 0.681. The Kier molecular flexibility index (Phi) is 2.59. The highest BCUT2D eigenvalue weighted by Gasteiger charge is 2.04. The van der Waals surface area contributed by atoms with E-state index in [2.05, 4.69) is 5.10 Å². The van der Waals surface area contributed by atoms with Crippen molar-refractivity contribution in [2.24, 2.45) is 11.7 Å². The molecule has 11 heavy (non-hydrogen) atoms.